The van der Waals surface area contributed by atoms with Crippen molar-refractivity contribution in [3.8, 4) is 0 Å². The second-order valence-electron chi connectivity index (χ2n) is 5.34. The summed E-state index contributed by atoms with van der Waals surface area (Å²) in [6.07, 6.45) is 8.63. The average molecular weight is 301 g/mol. The molecular formula is C14H28O3Si2. The molecule has 110 valence electrons. The van der Waals surface area contributed by atoms with Gasteiger partial charge in [0.25, 0.3) is 0 Å². The van der Waals surface area contributed by atoms with Crippen molar-refractivity contribution < 1.29 is 13.3 Å². The van der Waals surface area contributed by atoms with Crippen molar-refractivity contribution >= 4 is 16.9 Å². The van der Waals surface area contributed by atoms with Crippen LogP contribution in [0, 0.1) is 0 Å². The molecule has 0 spiro atoms. The number of hydrogen-bond donors (Lipinski definition) is 0. The largest absolute Gasteiger partial charge is 0.418 e. The Bertz CT molecular complexity index is 309. The van der Waals surface area contributed by atoms with Crippen molar-refractivity contribution in [1.82, 2.24) is 0 Å². The van der Waals surface area contributed by atoms with Crippen LogP contribution >= 0.6 is 0 Å². The number of hydrogen-bond acceptors (Lipinski definition) is 3. The third-order valence-corrected chi connectivity index (χ3v) is 12.6. The zero-order valence-electron chi connectivity index (χ0n) is 12.9. The average Bonchev–Trinajstić information content (AvgIpc) is 2.82. The van der Waals surface area contributed by atoms with E-state index in [0.29, 0.717) is 18.8 Å². The van der Waals surface area contributed by atoms with Gasteiger partial charge >= 0.3 is 8.56 Å². The Labute approximate surface area is 120 Å². The molecular weight excluding hydrogens is 272 g/mol. The van der Waals surface area contributed by atoms with E-state index in [1.807, 2.05) is 0 Å². The normalized spacial score (nSPS) is 16.5. The van der Waals surface area contributed by atoms with Gasteiger partial charge in [-0.2, -0.15) is 0 Å². The molecule has 0 amide bonds. The summed E-state index contributed by atoms with van der Waals surface area (Å²) in [6, 6.07) is 0. The standard InChI is InChI=1S/C14H28O3Si2/c1-6-15-18(4,5)13-19(16-7-2,17-8-3)14-11-9-10-12-14/h9-12,14H,6-8,13H2,1-5H3. The molecule has 1 aliphatic carbocycles. The summed E-state index contributed by atoms with van der Waals surface area (Å²) in [6.45, 7) is 12.9. The quantitative estimate of drug-likeness (QED) is 0.607. The maximum atomic E-state index is 6.21. The first-order valence-electron chi connectivity index (χ1n) is 7.26. The van der Waals surface area contributed by atoms with E-state index in [9.17, 15) is 0 Å². The molecule has 0 N–H and O–H groups in total. The first-order valence-corrected chi connectivity index (χ1v) is 12.5. The molecule has 0 bridgehead atoms. The molecule has 0 fully saturated rings. The minimum atomic E-state index is -2.27. The van der Waals surface area contributed by atoms with Crippen LogP contribution < -0.4 is 0 Å². The predicted molar refractivity (Wildman–Crippen MR) is 85.0 cm³/mol. The molecule has 0 radical (unpaired) electrons. The van der Waals surface area contributed by atoms with E-state index in [1.54, 1.807) is 0 Å². The van der Waals surface area contributed by atoms with Crippen LogP contribution in [0.1, 0.15) is 20.8 Å². The van der Waals surface area contributed by atoms with Gasteiger partial charge in [-0.25, -0.2) is 0 Å². The van der Waals surface area contributed by atoms with Crippen LogP contribution in [-0.4, -0.2) is 36.7 Å². The van der Waals surface area contributed by atoms with E-state index in [1.165, 1.54) is 0 Å². The number of rotatable bonds is 9. The topological polar surface area (TPSA) is 27.7 Å². The Morgan fingerprint density at radius 1 is 0.842 bits per heavy atom. The van der Waals surface area contributed by atoms with Gasteiger partial charge in [0.1, 0.15) is 0 Å². The maximum Gasteiger partial charge on any atom is 0.348 e. The summed E-state index contributed by atoms with van der Waals surface area (Å²) < 4.78 is 18.4. The fourth-order valence-corrected chi connectivity index (χ4v) is 12.7. The van der Waals surface area contributed by atoms with Crippen LogP contribution in [0.15, 0.2) is 24.3 Å². The highest BCUT2D eigenvalue weighted by Gasteiger charge is 2.49. The summed E-state index contributed by atoms with van der Waals surface area (Å²) in [5.41, 5.74) is 1.30. The van der Waals surface area contributed by atoms with E-state index < -0.39 is 16.9 Å². The van der Waals surface area contributed by atoms with Crippen LogP contribution in [-0.2, 0) is 13.3 Å². The molecule has 3 nitrogen and oxygen atoms in total. The summed E-state index contributed by atoms with van der Waals surface area (Å²) in [5.74, 6) is 0. The van der Waals surface area contributed by atoms with Crippen LogP contribution in [0.4, 0.5) is 0 Å². The monoisotopic (exact) mass is 300 g/mol. The predicted octanol–water partition coefficient (Wildman–Crippen LogP) is 3.78. The first kappa shape index (κ1) is 16.8. The zero-order valence-corrected chi connectivity index (χ0v) is 14.9. The van der Waals surface area contributed by atoms with Crippen molar-refractivity contribution in [2.24, 2.45) is 0 Å². The molecule has 1 aliphatic rings. The third kappa shape index (κ3) is 4.68. The minimum Gasteiger partial charge on any atom is -0.418 e. The highest BCUT2D eigenvalue weighted by atomic mass is 28.4. The summed E-state index contributed by atoms with van der Waals surface area (Å²) in [4.78, 5) is 0. The van der Waals surface area contributed by atoms with Crippen molar-refractivity contribution in [3.05, 3.63) is 24.3 Å². The molecule has 1 rings (SSSR count). The maximum absolute atomic E-state index is 6.21. The molecule has 0 aromatic rings. The van der Waals surface area contributed by atoms with Crippen molar-refractivity contribution in [1.29, 1.82) is 0 Å². The van der Waals surface area contributed by atoms with Crippen LogP contribution in [0.5, 0.6) is 0 Å². The Hall–Kier alpha value is -0.206. The smallest absolute Gasteiger partial charge is 0.348 e. The lowest BCUT2D eigenvalue weighted by atomic mass is 10.5. The van der Waals surface area contributed by atoms with Gasteiger partial charge in [-0.15, -0.1) is 0 Å². The Balaban J connectivity index is 2.94. The second-order valence-corrected chi connectivity index (χ2v) is 13.4. The fraction of sp³-hybridized carbons (Fsp3) is 0.714. The Morgan fingerprint density at radius 3 is 1.74 bits per heavy atom. The Kier molecular flexibility index (Phi) is 6.69. The molecule has 5 heteroatoms. The molecule has 0 atom stereocenters. The lowest BCUT2D eigenvalue weighted by Gasteiger charge is -2.38. The summed E-state index contributed by atoms with van der Waals surface area (Å²) in [7, 11) is -4.01. The molecule has 0 unspecified atom stereocenters. The molecule has 0 heterocycles. The highest BCUT2D eigenvalue weighted by Crippen LogP contribution is 2.37. The van der Waals surface area contributed by atoms with Gasteiger partial charge < -0.3 is 13.3 Å². The fourth-order valence-electron chi connectivity index (χ4n) is 2.70. The van der Waals surface area contributed by atoms with Gasteiger partial charge in [-0.3, -0.25) is 0 Å². The SMILES string of the molecule is CCO[Si](C)(C)C[Si](OCC)(OCC)C1C=CC=C1. The lowest BCUT2D eigenvalue weighted by molar-refractivity contribution is 0.182. The molecule has 0 saturated heterocycles. The number of allylic oxidation sites excluding steroid dienone is 4. The summed E-state index contributed by atoms with van der Waals surface area (Å²) in [5, 5.41) is 0. The van der Waals surface area contributed by atoms with Crippen molar-refractivity contribution in [2.75, 3.05) is 19.8 Å². The molecule has 0 aromatic carbocycles. The second kappa shape index (κ2) is 7.54. The molecule has 0 saturated carbocycles. The van der Waals surface area contributed by atoms with Gasteiger partial charge in [-0.05, 0) is 33.9 Å². The zero-order chi connectivity index (χ0) is 14.4. The van der Waals surface area contributed by atoms with Crippen LogP contribution in [0.25, 0.3) is 0 Å². The Morgan fingerprint density at radius 2 is 1.32 bits per heavy atom. The van der Waals surface area contributed by atoms with E-state index in [-0.39, 0.29) is 0 Å². The van der Waals surface area contributed by atoms with Gasteiger partial charge in [0.05, 0.1) is 0 Å². The highest BCUT2D eigenvalue weighted by molar-refractivity contribution is 6.89. The van der Waals surface area contributed by atoms with Gasteiger partial charge in [-0.1, -0.05) is 24.3 Å². The van der Waals surface area contributed by atoms with Crippen LogP contribution in [0.3, 0.4) is 0 Å². The minimum absolute atomic E-state index is 0.319. The summed E-state index contributed by atoms with van der Waals surface area (Å²) >= 11 is 0. The third-order valence-electron chi connectivity index (χ3n) is 3.24. The van der Waals surface area contributed by atoms with Crippen molar-refractivity contribution in [2.45, 2.75) is 45.1 Å². The van der Waals surface area contributed by atoms with Gasteiger partial charge in [0, 0.05) is 31.0 Å². The van der Waals surface area contributed by atoms with E-state index >= 15 is 0 Å². The van der Waals surface area contributed by atoms with Crippen LogP contribution in [0.2, 0.25) is 24.3 Å². The lowest BCUT2D eigenvalue weighted by Crippen LogP contribution is -2.53. The molecule has 0 aromatic heterocycles. The van der Waals surface area contributed by atoms with Crippen molar-refractivity contribution in [3.63, 3.8) is 0 Å². The van der Waals surface area contributed by atoms with E-state index in [2.05, 4.69) is 58.2 Å². The van der Waals surface area contributed by atoms with E-state index in [0.717, 1.165) is 12.3 Å². The van der Waals surface area contributed by atoms with Gasteiger partial charge in [0.2, 0.25) is 0 Å². The molecule has 19 heavy (non-hydrogen) atoms. The van der Waals surface area contributed by atoms with Gasteiger partial charge in [0.15, 0.2) is 8.32 Å². The first-order chi connectivity index (χ1) is 8.99. The van der Waals surface area contributed by atoms with E-state index in [4.69, 9.17) is 13.3 Å². The molecule has 0 aliphatic heterocycles.